The Morgan fingerprint density at radius 1 is 1.13 bits per heavy atom. The summed E-state index contributed by atoms with van der Waals surface area (Å²) in [6.07, 6.45) is 0.918. The summed E-state index contributed by atoms with van der Waals surface area (Å²) in [5.74, 6) is 0.0442. The molecule has 0 saturated heterocycles. The van der Waals surface area contributed by atoms with Crippen LogP contribution in [0.5, 0.6) is 0 Å². The summed E-state index contributed by atoms with van der Waals surface area (Å²) >= 11 is 9.54. The molecule has 3 aromatic rings. The molecule has 1 aromatic carbocycles. The number of fused-ring (bicyclic) bond motifs is 1. The van der Waals surface area contributed by atoms with Gasteiger partial charge < -0.3 is 4.90 Å². The van der Waals surface area contributed by atoms with Gasteiger partial charge in [0.25, 0.3) is 5.91 Å². The van der Waals surface area contributed by atoms with Crippen LogP contribution in [-0.4, -0.2) is 17.4 Å². The molecule has 1 atom stereocenters. The number of amides is 1. The zero-order valence-corrected chi connectivity index (χ0v) is 14.6. The van der Waals surface area contributed by atoms with Crippen molar-refractivity contribution in [2.45, 2.75) is 12.5 Å². The fourth-order valence-electron chi connectivity index (χ4n) is 3.08. The Balaban J connectivity index is 1.77. The highest BCUT2D eigenvalue weighted by Gasteiger charge is 2.33. The van der Waals surface area contributed by atoms with Crippen molar-refractivity contribution < 1.29 is 4.79 Å². The van der Waals surface area contributed by atoms with Gasteiger partial charge in [-0.15, -0.1) is 22.7 Å². The maximum absolute atomic E-state index is 13.1. The van der Waals surface area contributed by atoms with E-state index >= 15 is 0 Å². The molecule has 0 spiro atoms. The standard InChI is InChI=1S/C18H14ClNOS2/c19-13-4-1-3-12(11-13)18(21)20-8-6-15-14(7-10-23-15)17(20)16-5-2-9-22-16/h1-5,7,9-11,17H,6,8H2/t17-/m1/s1. The minimum atomic E-state index is 0.0106. The molecule has 23 heavy (non-hydrogen) atoms. The highest BCUT2D eigenvalue weighted by Crippen LogP contribution is 2.40. The molecule has 1 aliphatic rings. The average Bonchev–Trinajstić information content (AvgIpc) is 3.24. The second-order valence-electron chi connectivity index (χ2n) is 5.48. The highest BCUT2D eigenvalue weighted by atomic mass is 35.5. The van der Waals surface area contributed by atoms with E-state index in [0.717, 1.165) is 13.0 Å². The fraction of sp³-hybridized carbons (Fsp3) is 0.167. The van der Waals surface area contributed by atoms with Gasteiger partial charge in [0.2, 0.25) is 0 Å². The van der Waals surface area contributed by atoms with Crippen molar-refractivity contribution in [3.8, 4) is 0 Å². The number of hydrogen-bond acceptors (Lipinski definition) is 3. The summed E-state index contributed by atoms with van der Waals surface area (Å²) in [6.45, 7) is 0.738. The normalized spacial score (nSPS) is 17.1. The zero-order chi connectivity index (χ0) is 15.8. The summed E-state index contributed by atoms with van der Waals surface area (Å²) in [7, 11) is 0. The van der Waals surface area contributed by atoms with Gasteiger partial charge in [0.05, 0.1) is 6.04 Å². The van der Waals surface area contributed by atoms with Crippen molar-refractivity contribution in [1.82, 2.24) is 4.90 Å². The van der Waals surface area contributed by atoms with Gasteiger partial charge in [-0.1, -0.05) is 23.7 Å². The number of hydrogen-bond donors (Lipinski definition) is 0. The van der Waals surface area contributed by atoms with Gasteiger partial charge in [0.1, 0.15) is 0 Å². The third-order valence-corrected chi connectivity index (χ3v) is 6.27. The summed E-state index contributed by atoms with van der Waals surface area (Å²) < 4.78 is 0. The van der Waals surface area contributed by atoms with E-state index in [1.807, 2.05) is 23.1 Å². The molecule has 116 valence electrons. The smallest absolute Gasteiger partial charge is 0.254 e. The van der Waals surface area contributed by atoms with Gasteiger partial charge >= 0.3 is 0 Å². The molecular formula is C18H14ClNOS2. The first-order valence-corrected chi connectivity index (χ1v) is 9.54. The lowest BCUT2D eigenvalue weighted by molar-refractivity contribution is 0.0699. The fourth-order valence-corrected chi connectivity index (χ4v) is 5.02. The number of carbonyl (C=O) groups excluding carboxylic acids is 1. The van der Waals surface area contributed by atoms with E-state index in [2.05, 4.69) is 22.9 Å². The molecule has 0 aliphatic carbocycles. The number of halogens is 1. The molecule has 5 heteroatoms. The van der Waals surface area contributed by atoms with Gasteiger partial charge in [-0.05, 0) is 53.1 Å². The van der Waals surface area contributed by atoms with E-state index in [9.17, 15) is 4.79 Å². The third kappa shape index (κ3) is 2.71. The molecule has 0 unspecified atom stereocenters. The van der Waals surface area contributed by atoms with E-state index in [4.69, 9.17) is 11.6 Å². The maximum Gasteiger partial charge on any atom is 0.254 e. The largest absolute Gasteiger partial charge is 0.326 e. The van der Waals surface area contributed by atoms with Crippen molar-refractivity contribution in [2.75, 3.05) is 6.54 Å². The lowest BCUT2D eigenvalue weighted by atomic mass is 9.97. The zero-order valence-electron chi connectivity index (χ0n) is 12.2. The molecule has 4 rings (SSSR count). The van der Waals surface area contributed by atoms with Crippen LogP contribution in [0.4, 0.5) is 0 Å². The van der Waals surface area contributed by atoms with Crippen LogP contribution < -0.4 is 0 Å². The molecule has 0 saturated carbocycles. The average molecular weight is 360 g/mol. The number of thiophene rings is 2. The van der Waals surface area contributed by atoms with Gasteiger partial charge in [0.15, 0.2) is 0 Å². The molecule has 0 radical (unpaired) electrons. The van der Waals surface area contributed by atoms with Gasteiger partial charge in [-0.3, -0.25) is 4.79 Å². The van der Waals surface area contributed by atoms with Crippen LogP contribution >= 0.6 is 34.3 Å². The maximum atomic E-state index is 13.1. The van der Waals surface area contributed by atoms with Crippen LogP contribution in [0.15, 0.2) is 53.2 Å². The summed E-state index contributed by atoms with van der Waals surface area (Å²) in [6, 6.07) is 13.5. The van der Waals surface area contributed by atoms with Crippen molar-refractivity contribution in [3.05, 3.63) is 79.1 Å². The van der Waals surface area contributed by atoms with Crippen LogP contribution in [0.3, 0.4) is 0 Å². The number of carbonyl (C=O) groups is 1. The number of rotatable bonds is 2. The summed E-state index contributed by atoms with van der Waals surface area (Å²) in [5.41, 5.74) is 1.91. The van der Waals surface area contributed by atoms with Crippen LogP contribution in [0, 0.1) is 0 Å². The predicted octanol–water partition coefficient (Wildman–Crippen LogP) is 5.25. The second-order valence-corrected chi connectivity index (χ2v) is 7.89. The van der Waals surface area contributed by atoms with Crippen molar-refractivity contribution in [2.24, 2.45) is 0 Å². The molecule has 0 N–H and O–H groups in total. The Hall–Kier alpha value is -1.62. The predicted molar refractivity (Wildman–Crippen MR) is 96.7 cm³/mol. The third-order valence-electron chi connectivity index (χ3n) is 4.11. The van der Waals surface area contributed by atoms with Crippen LogP contribution in [0.25, 0.3) is 0 Å². The first kappa shape index (κ1) is 14.9. The topological polar surface area (TPSA) is 20.3 Å². The molecule has 2 nitrogen and oxygen atoms in total. The van der Waals surface area contributed by atoms with E-state index < -0.39 is 0 Å². The lowest BCUT2D eigenvalue weighted by Gasteiger charge is -2.35. The first-order chi connectivity index (χ1) is 11.2. The Bertz CT molecular complexity index is 840. The minimum Gasteiger partial charge on any atom is -0.326 e. The van der Waals surface area contributed by atoms with Crippen LogP contribution in [-0.2, 0) is 6.42 Å². The van der Waals surface area contributed by atoms with E-state index in [1.54, 1.807) is 34.8 Å². The first-order valence-electron chi connectivity index (χ1n) is 7.40. The SMILES string of the molecule is O=C(c1cccc(Cl)c1)N1CCc2sccc2[C@@H]1c1cccs1. The summed E-state index contributed by atoms with van der Waals surface area (Å²) in [5, 5.41) is 4.79. The number of nitrogens with zero attached hydrogens (tertiary/aromatic N) is 1. The monoisotopic (exact) mass is 359 g/mol. The van der Waals surface area contributed by atoms with E-state index in [1.165, 1.54) is 15.3 Å². The van der Waals surface area contributed by atoms with Crippen LogP contribution in [0.1, 0.15) is 31.7 Å². The van der Waals surface area contributed by atoms with Crippen molar-refractivity contribution in [3.63, 3.8) is 0 Å². The lowest BCUT2D eigenvalue weighted by Crippen LogP contribution is -2.39. The molecule has 2 aromatic heterocycles. The van der Waals surface area contributed by atoms with Crippen molar-refractivity contribution in [1.29, 1.82) is 0 Å². The Kier molecular flexibility index (Phi) is 3.97. The Labute approximate surface area is 148 Å². The van der Waals surface area contributed by atoms with Crippen molar-refractivity contribution >= 4 is 40.2 Å². The second kappa shape index (κ2) is 6.11. The van der Waals surface area contributed by atoms with Crippen LogP contribution in [0.2, 0.25) is 5.02 Å². The minimum absolute atomic E-state index is 0.0106. The quantitative estimate of drug-likeness (QED) is 0.611. The van der Waals surface area contributed by atoms with Gasteiger partial charge in [0, 0.05) is 26.9 Å². The van der Waals surface area contributed by atoms with Gasteiger partial charge in [-0.25, -0.2) is 0 Å². The number of benzene rings is 1. The molecular weight excluding hydrogens is 346 g/mol. The molecule has 0 fully saturated rings. The molecule has 1 amide bonds. The molecule has 3 heterocycles. The highest BCUT2D eigenvalue weighted by molar-refractivity contribution is 7.10. The molecule has 0 bridgehead atoms. The van der Waals surface area contributed by atoms with E-state index in [0.29, 0.717) is 10.6 Å². The van der Waals surface area contributed by atoms with E-state index in [-0.39, 0.29) is 11.9 Å². The Morgan fingerprint density at radius 2 is 2.04 bits per heavy atom. The molecule has 1 aliphatic heterocycles. The van der Waals surface area contributed by atoms with Gasteiger partial charge in [-0.2, -0.15) is 0 Å². The Morgan fingerprint density at radius 3 is 2.83 bits per heavy atom. The summed E-state index contributed by atoms with van der Waals surface area (Å²) in [4.78, 5) is 17.6.